The van der Waals surface area contributed by atoms with Gasteiger partial charge in [0.2, 0.25) is 0 Å². The van der Waals surface area contributed by atoms with Crippen LogP contribution in [0.15, 0.2) is 36.5 Å². The van der Waals surface area contributed by atoms with Crippen molar-refractivity contribution in [2.75, 3.05) is 41.7 Å². The Bertz CT molecular complexity index is 1090. The fraction of sp³-hybridized carbons (Fsp3) is 0.318. The summed E-state index contributed by atoms with van der Waals surface area (Å²) in [7, 11) is 0. The first-order valence-electron chi connectivity index (χ1n) is 10.1. The number of rotatable bonds is 5. The number of nitrogen functional groups attached to an aromatic ring is 1. The highest BCUT2D eigenvalue weighted by Crippen LogP contribution is 2.38. The molecule has 4 N–H and O–H groups in total. The predicted octanol–water partition coefficient (Wildman–Crippen LogP) is 3.29. The molecule has 2 aromatic heterocycles. The predicted molar refractivity (Wildman–Crippen MR) is 123 cm³/mol. The SMILES string of the molecule is CCC(=O)c1ccc(N2CCCN(c3ccnc4sc(C(N)=O)c(N)c34)CC2)cc1. The van der Waals surface area contributed by atoms with E-state index >= 15 is 0 Å². The van der Waals surface area contributed by atoms with E-state index in [1.54, 1.807) is 6.20 Å². The first-order valence-corrected chi connectivity index (χ1v) is 10.9. The lowest BCUT2D eigenvalue weighted by atomic mass is 10.1. The first-order chi connectivity index (χ1) is 14.5. The quantitative estimate of drug-likeness (QED) is 0.610. The van der Waals surface area contributed by atoms with Gasteiger partial charge in [-0.15, -0.1) is 11.3 Å². The third-order valence-electron chi connectivity index (χ3n) is 5.54. The topological polar surface area (TPSA) is 106 Å². The Morgan fingerprint density at radius 1 is 1.07 bits per heavy atom. The molecule has 1 saturated heterocycles. The number of hydrogen-bond donors (Lipinski definition) is 2. The van der Waals surface area contributed by atoms with Crippen LogP contribution in [0.4, 0.5) is 17.1 Å². The van der Waals surface area contributed by atoms with Crippen LogP contribution >= 0.6 is 11.3 Å². The van der Waals surface area contributed by atoms with Crippen LogP contribution in [0.1, 0.15) is 39.8 Å². The standard InChI is InChI=1S/C22H25N5O2S/c1-2-17(28)14-4-6-15(7-5-14)26-10-3-11-27(13-12-26)16-8-9-25-22-18(16)19(23)20(30-22)21(24)29/h4-9H,2-3,10-13,23H2,1H3,(H2,24,29). The van der Waals surface area contributed by atoms with E-state index in [1.165, 1.54) is 11.3 Å². The number of benzene rings is 1. The van der Waals surface area contributed by atoms with E-state index in [1.807, 2.05) is 37.3 Å². The fourth-order valence-electron chi connectivity index (χ4n) is 3.95. The Hall–Kier alpha value is -3.13. The maximum atomic E-state index is 11.9. The number of anilines is 3. The third-order valence-corrected chi connectivity index (χ3v) is 6.67. The summed E-state index contributed by atoms with van der Waals surface area (Å²) in [5.41, 5.74) is 15.0. The molecule has 30 heavy (non-hydrogen) atoms. The van der Waals surface area contributed by atoms with Gasteiger partial charge in [-0.1, -0.05) is 6.92 Å². The van der Waals surface area contributed by atoms with Crippen LogP contribution in [-0.2, 0) is 0 Å². The molecule has 3 aromatic rings. The second kappa shape index (κ2) is 8.31. The molecule has 7 nitrogen and oxygen atoms in total. The number of aromatic nitrogens is 1. The number of fused-ring (bicyclic) bond motifs is 1. The Kier molecular flexibility index (Phi) is 5.59. The second-order valence-electron chi connectivity index (χ2n) is 7.37. The number of Topliss-reactive ketones (excluding diaryl/α,β-unsaturated/α-hetero) is 1. The smallest absolute Gasteiger partial charge is 0.260 e. The average molecular weight is 424 g/mol. The lowest BCUT2D eigenvalue weighted by Gasteiger charge is -2.25. The van der Waals surface area contributed by atoms with Crippen molar-refractivity contribution in [2.24, 2.45) is 5.73 Å². The lowest BCUT2D eigenvalue weighted by molar-refractivity contribution is 0.0985. The van der Waals surface area contributed by atoms with E-state index in [9.17, 15) is 9.59 Å². The summed E-state index contributed by atoms with van der Waals surface area (Å²) >= 11 is 1.24. The van der Waals surface area contributed by atoms with Gasteiger partial charge in [-0.2, -0.15) is 0 Å². The van der Waals surface area contributed by atoms with Crippen LogP contribution in [0.5, 0.6) is 0 Å². The van der Waals surface area contributed by atoms with Gasteiger partial charge in [0.25, 0.3) is 5.91 Å². The molecule has 156 valence electrons. The number of primary amides is 1. The summed E-state index contributed by atoms with van der Waals surface area (Å²) in [5.74, 6) is -0.359. The van der Waals surface area contributed by atoms with Crippen LogP contribution in [0, 0.1) is 0 Å². The Balaban J connectivity index is 1.56. The summed E-state index contributed by atoms with van der Waals surface area (Å²) in [6.45, 7) is 5.34. The Morgan fingerprint density at radius 3 is 2.47 bits per heavy atom. The zero-order valence-electron chi connectivity index (χ0n) is 16.9. The summed E-state index contributed by atoms with van der Waals surface area (Å²) in [6, 6.07) is 9.83. The number of thiophene rings is 1. The first kappa shape index (κ1) is 20.2. The molecule has 0 unspecified atom stereocenters. The number of hydrogen-bond acceptors (Lipinski definition) is 7. The van der Waals surface area contributed by atoms with Crippen molar-refractivity contribution in [3.05, 3.63) is 47.0 Å². The van der Waals surface area contributed by atoms with Crippen LogP contribution < -0.4 is 21.3 Å². The van der Waals surface area contributed by atoms with E-state index in [2.05, 4.69) is 14.8 Å². The molecule has 1 fully saturated rings. The fourth-order valence-corrected chi connectivity index (χ4v) is 4.89. The average Bonchev–Trinajstić information content (AvgIpc) is 2.94. The summed E-state index contributed by atoms with van der Waals surface area (Å²) in [4.78, 5) is 33.7. The number of carbonyl (C=O) groups is 2. The molecule has 0 aliphatic carbocycles. The van der Waals surface area contributed by atoms with E-state index in [0.29, 0.717) is 17.0 Å². The second-order valence-corrected chi connectivity index (χ2v) is 8.37. The molecule has 0 saturated carbocycles. The minimum absolute atomic E-state index is 0.161. The molecule has 4 rings (SSSR count). The molecule has 8 heteroatoms. The van der Waals surface area contributed by atoms with Crippen LogP contribution in [0.3, 0.4) is 0 Å². The van der Waals surface area contributed by atoms with Gasteiger partial charge in [-0.05, 0) is 36.8 Å². The van der Waals surface area contributed by atoms with Gasteiger partial charge in [-0.3, -0.25) is 9.59 Å². The van der Waals surface area contributed by atoms with E-state index in [0.717, 1.165) is 59.8 Å². The molecule has 1 aliphatic heterocycles. The molecule has 1 amide bonds. The Morgan fingerprint density at radius 2 is 1.77 bits per heavy atom. The van der Waals surface area contributed by atoms with Crippen LogP contribution in [-0.4, -0.2) is 42.9 Å². The molecule has 0 spiro atoms. The number of amides is 1. The molecule has 3 heterocycles. The van der Waals surface area contributed by atoms with Gasteiger partial charge in [-0.25, -0.2) is 4.98 Å². The number of nitrogens with two attached hydrogens (primary N) is 2. The van der Waals surface area contributed by atoms with E-state index in [4.69, 9.17) is 11.5 Å². The van der Waals surface area contributed by atoms with Crippen molar-refractivity contribution in [1.82, 2.24) is 4.98 Å². The van der Waals surface area contributed by atoms with Crippen molar-refractivity contribution >= 4 is 50.3 Å². The Labute approximate surface area is 179 Å². The van der Waals surface area contributed by atoms with Gasteiger partial charge in [0.15, 0.2) is 5.78 Å². The molecule has 1 aliphatic rings. The number of ketones is 1. The summed E-state index contributed by atoms with van der Waals surface area (Å²) in [6.07, 6.45) is 3.25. The van der Waals surface area contributed by atoms with Gasteiger partial charge >= 0.3 is 0 Å². The third kappa shape index (κ3) is 3.70. The van der Waals surface area contributed by atoms with E-state index < -0.39 is 5.91 Å². The molecule has 0 atom stereocenters. The maximum Gasteiger partial charge on any atom is 0.260 e. The molecule has 0 bridgehead atoms. The van der Waals surface area contributed by atoms with Gasteiger partial charge in [0.05, 0.1) is 16.8 Å². The minimum atomic E-state index is -0.520. The summed E-state index contributed by atoms with van der Waals surface area (Å²) < 4.78 is 0. The highest BCUT2D eigenvalue weighted by Gasteiger charge is 2.22. The number of pyridine rings is 1. The highest BCUT2D eigenvalue weighted by atomic mass is 32.1. The normalized spacial score (nSPS) is 14.7. The maximum absolute atomic E-state index is 11.9. The van der Waals surface area contributed by atoms with Crippen LogP contribution in [0.2, 0.25) is 0 Å². The van der Waals surface area contributed by atoms with Crippen molar-refractivity contribution in [3.63, 3.8) is 0 Å². The largest absolute Gasteiger partial charge is 0.397 e. The van der Waals surface area contributed by atoms with Gasteiger partial charge < -0.3 is 21.3 Å². The molecular weight excluding hydrogens is 398 g/mol. The van der Waals surface area contributed by atoms with Crippen molar-refractivity contribution in [1.29, 1.82) is 0 Å². The lowest BCUT2D eigenvalue weighted by Crippen LogP contribution is -2.30. The zero-order valence-corrected chi connectivity index (χ0v) is 17.7. The summed E-state index contributed by atoms with van der Waals surface area (Å²) in [5, 5.41) is 0.812. The van der Waals surface area contributed by atoms with E-state index in [-0.39, 0.29) is 5.78 Å². The van der Waals surface area contributed by atoms with Crippen LogP contribution in [0.25, 0.3) is 10.2 Å². The van der Waals surface area contributed by atoms with Gasteiger partial charge in [0.1, 0.15) is 9.71 Å². The molecular formula is C22H25N5O2S. The molecule has 0 radical (unpaired) electrons. The minimum Gasteiger partial charge on any atom is -0.397 e. The van der Waals surface area contributed by atoms with Crippen molar-refractivity contribution < 1.29 is 9.59 Å². The highest BCUT2D eigenvalue weighted by molar-refractivity contribution is 7.21. The number of carbonyl (C=O) groups excluding carboxylic acids is 2. The zero-order chi connectivity index (χ0) is 21.3. The van der Waals surface area contributed by atoms with Crippen molar-refractivity contribution in [3.8, 4) is 0 Å². The van der Waals surface area contributed by atoms with Gasteiger partial charge in [0, 0.05) is 50.0 Å². The van der Waals surface area contributed by atoms with Crippen molar-refractivity contribution in [2.45, 2.75) is 19.8 Å². The molecule has 1 aromatic carbocycles. The number of nitrogens with zero attached hydrogens (tertiary/aromatic N) is 3. The monoisotopic (exact) mass is 423 g/mol.